The van der Waals surface area contributed by atoms with Gasteiger partial charge in [-0.2, -0.15) is 0 Å². The maximum atomic E-state index is 13.1. The summed E-state index contributed by atoms with van der Waals surface area (Å²) in [6.07, 6.45) is 5.53. The molecule has 5 nitrogen and oxygen atoms in total. The molecular weight excluding hydrogens is 389 g/mol. The van der Waals surface area contributed by atoms with Crippen LogP contribution in [-0.2, 0) is 0 Å². The fourth-order valence-corrected chi connectivity index (χ4v) is 4.19. The monoisotopic (exact) mass is 405 g/mol. The smallest absolute Gasteiger partial charge is 0.231 e. The van der Waals surface area contributed by atoms with Gasteiger partial charge in [-0.25, -0.2) is 14.4 Å². The lowest BCUT2D eigenvalue weighted by atomic mass is 10.2. The van der Waals surface area contributed by atoms with E-state index in [1.807, 2.05) is 48.4 Å². The van der Waals surface area contributed by atoms with Gasteiger partial charge in [-0.3, -0.25) is 0 Å². The van der Waals surface area contributed by atoms with E-state index < -0.39 is 0 Å². The zero-order chi connectivity index (χ0) is 19.8. The van der Waals surface area contributed by atoms with E-state index in [9.17, 15) is 4.39 Å². The summed E-state index contributed by atoms with van der Waals surface area (Å²) >= 11 is 1.61. The van der Waals surface area contributed by atoms with E-state index >= 15 is 0 Å². The van der Waals surface area contributed by atoms with Gasteiger partial charge < -0.3 is 14.4 Å². The highest BCUT2D eigenvalue weighted by molar-refractivity contribution is 7.20. The molecule has 0 N–H and O–H groups in total. The van der Waals surface area contributed by atoms with E-state index in [1.165, 1.54) is 12.1 Å². The van der Waals surface area contributed by atoms with Crippen molar-refractivity contribution in [2.45, 2.75) is 0 Å². The molecule has 1 aliphatic heterocycles. The minimum Gasteiger partial charge on any atom is -0.454 e. The van der Waals surface area contributed by atoms with E-state index in [2.05, 4.69) is 9.97 Å². The molecule has 2 aromatic carbocycles. The van der Waals surface area contributed by atoms with Crippen molar-refractivity contribution in [1.29, 1.82) is 0 Å². The lowest BCUT2D eigenvalue weighted by molar-refractivity contribution is 0.174. The van der Waals surface area contributed by atoms with E-state index in [1.54, 1.807) is 29.8 Å². The Bertz CT molecular complexity index is 1220. The average molecular weight is 405 g/mol. The summed E-state index contributed by atoms with van der Waals surface area (Å²) in [7, 11) is 1.97. The van der Waals surface area contributed by atoms with Crippen molar-refractivity contribution in [3.8, 4) is 11.5 Å². The van der Waals surface area contributed by atoms with E-state index in [4.69, 9.17) is 9.47 Å². The quantitative estimate of drug-likeness (QED) is 0.449. The molecule has 7 heteroatoms. The first-order valence-corrected chi connectivity index (χ1v) is 9.80. The predicted octanol–water partition coefficient (Wildman–Crippen LogP) is 5.50. The Labute approximate surface area is 170 Å². The van der Waals surface area contributed by atoms with Gasteiger partial charge in [-0.15, -0.1) is 11.3 Å². The molecular formula is C22H16FN3O2S. The number of rotatable bonds is 4. The Kier molecular flexibility index (Phi) is 4.37. The molecule has 0 aliphatic carbocycles. The van der Waals surface area contributed by atoms with Crippen LogP contribution in [-0.4, -0.2) is 23.8 Å². The van der Waals surface area contributed by atoms with E-state index in [-0.39, 0.29) is 12.6 Å². The number of benzene rings is 2. The van der Waals surface area contributed by atoms with Gasteiger partial charge >= 0.3 is 0 Å². The van der Waals surface area contributed by atoms with Gasteiger partial charge in [0.1, 0.15) is 12.1 Å². The summed E-state index contributed by atoms with van der Waals surface area (Å²) in [5.41, 5.74) is 2.77. The van der Waals surface area contributed by atoms with E-state index in [0.717, 1.165) is 43.7 Å². The number of hydrogen-bond acceptors (Lipinski definition) is 6. The van der Waals surface area contributed by atoms with Gasteiger partial charge in [-0.1, -0.05) is 18.2 Å². The van der Waals surface area contributed by atoms with Crippen molar-refractivity contribution in [1.82, 2.24) is 9.97 Å². The van der Waals surface area contributed by atoms with Gasteiger partial charge in [0.25, 0.3) is 0 Å². The topological polar surface area (TPSA) is 47.5 Å². The second-order valence-electron chi connectivity index (χ2n) is 6.54. The van der Waals surface area contributed by atoms with Crippen LogP contribution in [0, 0.1) is 5.82 Å². The van der Waals surface area contributed by atoms with Gasteiger partial charge in [0, 0.05) is 23.7 Å². The molecule has 4 aromatic rings. The minimum atomic E-state index is -0.240. The number of ether oxygens (including phenoxy) is 2. The Hall–Kier alpha value is -3.45. The number of nitrogens with zero attached hydrogens (tertiary/aromatic N) is 3. The number of fused-ring (bicyclic) bond motifs is 2. The molecule has 0 bridgehead atoms. The van der Waals surface area contributed by atoms with Crippen molar-refractivity contribution in [3.05, 3.63) is 71.1 Å². The van der Waals surface area contributed by atoms with E-state index in [0.29, 0.717) is 0 Å². The molecule has 0 saturated carbocycles. The van der Waals surface area contributed by atoms with Crippen LogP contribution in [0.5, 0.6) is 11.5 Å². The number of aromatic nitrogens is 2. The summed E-state index contributed by atoms with van der Waals surface area (Å²) in [4.78, 5) is 12.0. The maximum absolute atomic E-state index is 13.1. The van der Waals surface area contributed by atoms with Crippen LogP contribution >= 0.6 is 11.3 Å². The summed E-state index contributed by atoms with van der Waals surface area (Å²) < 4.78 is 24.9. The lowest BCUT2D eigenvalue weighted by Crippen LogP contribution is -2.11. The molecule has 0 spiro atoms. The van der Waals surface area contributed by atoms with Gasteiger partial charge in [-0.05, 0) is 42.0 Å². The fraction of sp³-hybridized carbons (Fsp3) is 0.0909. The number of anilines is 2. The highest BCUT2D eigenvalue weighted by Gasteiger charge is 2.18. The molecule has 0 amide bonds. The Morgan fingerprint density at radius 3 is 2.69 bits per heavy atom. The lowest BCUT2D eigenvalue weighted by Gasteiger charge is -2.18. The fourth-order valence-electron chi connectivity index (χ4n) is 3.15. The predicted molar refractivity (Wildman–Crippen MR) is 113 cm³/mol. The Morgan fingerprint density at radius 1 is 1.00 bits per heavy atom. The molecule has 0 atom stereocenters. The molecule has 0 fully saturated rings. The third-order valence-corrected chi connectivity index (χ3v) is 5.77. The maximum Gasteiger partial charge on any atom is 0.231 e. The second-order valence-corrected chi connectivity index (χ2v) is 7.63. The van der Waals surface area contributed by atoms with Gasteiger partial charge in [0.15, 0.2) is 17.3 Å². The number of thiophene rings is 1. The van der Waals surface area contributed by atoms with Gasteiger partial charge in [0.05, 0.1) is 10.2 Å². The number of hydrogen-bond donors (Lipinski definition) is 0. The zero-order valence-corrected chi connectivity index (χ0v) is 16.3. The molecule has 144 valence electrons. The molecule has 2 aromatic heterocycles. The van der Waals surface area contributed by atoms with Crippen molar-refractivity contribution < 1.29 is 13.9 Å². The van der Waals surface area contributed by atoms with Crippen LogP contribution in [0.15, 0.2) is 54.9 Å². The third-order valence-electron chi connectivity index (χ3n) is 4.68. The molecule has 29 heavy (non-hydrogen) atoms. The number of halogens is 1. The van der Waals surface area contributed by atoms with Crippen LogP contribution in [0.25, 0.3) is 22.4 Å². The highest BCUT2D eigenvalue weighted by atomic mass is 32.1. The van der Waals surface area contributed by atoms with Crippen LogP contribution in [0.1, 0.15) is 10.4 Å². The van der Waals surface area contributed by atoms with Crippen LogP contribution in [0.2, 0.25) is 0 Å². The molecule has 0 radical (unpaired) electrons. The van der Waals surface area contributed by atoms with Crippen LogP contribution in [0.3, 0.4) is 0 Å². The van der Waals surface area contributed by atoms with Crippen molar-refractivity contribution in [2.75, 3.05) is 18.7 Å². The first kappa shape index (κ1) is 17.6. The molecule has 3 heterocycles. The zero-order valence-electron chi connectivity index (χ0n) is 15.5. The first-order valence-electron chi connectivity index (χ1n) is 8.99. The molecule has 0 unspecified atom stereocenters. The average Bonchev–Trinajstić information content (AvgIpc) is 3.38. The molecule has 0 saturated heterocycles. The Balaban J connectivity index is 1.48. The van der Waals surface area contributed by atoms with Crippen LogP contribution in [0.4, 0.5) is 15.9 Å². The third kappa shape index (κ3) is 3.40. The summed E-state index contributed by atoms with van der Waals surface area (Å²) in [5, 5.41) is 0. The SMILES string of the molecule is CN(c1ccc2c(c1)OCO2)c1ncnc2cc(/C=C/c3ccc(F)cc3)sc12. The van der Waals surface area contributed by atoms with Crippen molar-refractivity contribution >= 4 is 45.2 Å². The largest absolute Gasteiger partial charge is 0.454 e. The summed E-state index contributed by atoms with van der Waals surface area (Å²) in [6.45, 7) is 0.245. The highest BCUT2D eigenvalue weighted by Crippen LogP contribution is 2.39. The summed E-state index contributed by atoms with van der Waals surface area (Å²) in [6, 6.07) is 14.2. The second kappa shape index (κ2) is 7.18. The standard InChI is InChI=1S/C22H16FN3O2S/c1-26(16-7-9-19-20(10-16)28-13-27-19)22-21-18(24-12-25-22)11-17(29-21)8-4-14-2-5-15(23)6-3-14/h2-12H,13H2,1H3/b8-4+. The Morgan fingerprint density at radius 2 is 1.83 bits per heavy atom. The van der Waals surface area contributed by atoms with Crippen molar-refractivity contribution in [2.24, 2.45) is 0 Å². The minimum absolute atomic E-state index is 0.240. The normalized spacial score (nSPS) is 12.8. The molecule has 5 rings (SSSR count). The van der Waals surface area contributed by atoms with Gasteiger partial charge in [0.2, 0.25) is 6.79 Å². The van der Waals surface area contributed by atoms with Crippen LogP contribution < -0.4 is 14.4 Å². The first-order chi connectivity index (χ1) is 14.2. The summed E-state index contributed by atoms with van der Waals surface area (Å²) in [5.74, 6) is 2.06. The van der Waals surface area contributed by atoms with Crippen molar-refractivity contribution in [3.63, 3.8) is 0 Å². The molecule has 1 aliphatic rings.